The first-order chi connectivity index (χ1) is 18.9. The number of carbonyl (C=O) groups is 1. The fourth-order valence-corrected chi connectivity index (χ4v) is 5.31. The second-order valence-corrected chi connectivity index (χ2v) is 13.0. The van der Waals surface area contributed by atoms with Crippen LogP contribution in [0.25, 0.3) is 11.0 Å². The van der Waals surface area contributed by atoms with E-state index in [2.05, 4.69) is 20.3 Å². The van der Waals surface area contributed by atoms with Crippen molar-refractivity contribution < 1.29 is 25.8 Å². The average molecular weight is 586 g/mol. The predicted molar refractivity (Wildman–Crippen MR) is 151 cm³/mol. The SMILES string of the molecule is CN(c1ncccc1Cn1ccc2cnc(Nc3ccc4c(c3)CC(=O)N4CCOS(C)(=O)=O)nc21)S(C)(=O)=O. The number of hydrogen-bond acceptors (Lipinski definition) is 10. The Hall–Kier alpha value is -4.08. The highest BCUT2D eigenvalue weighted by molar-refractivity contribution is 7.92. The van der Waals surface area contributed by atoms with Crippen molar-refractivity contribution in [3.63, 3.8) is 0 Å². The van der Waals surface area contributed by atoms with Crippen LogP contribution in [0.4, 0.5) is 23.1 Å². The van der Waals surface area contributed by atoms with Gasteiger partial charge < -0.3 is 14.8 Å². The van der Waals surface area contributed by atoms with E-state index in [1.165, 1.54) is 11.9 Å². The van der Waals surface area contributed by atoms with E-state index in [0.29, 0.717) is 40.9 Å². The molecule has 0 saturated carbocycles. The number of rotatable bonds is 10. The number of carbonyl (C=O) groups excluding carboxylic acids is 1. The van der Waals surface area contributed by atoms with E-state index in [0.717, 1.165) is 27.8 Å². The second-order valence-electron chi connectivity index (χ2n) is 9.35. The summed E-state index contributed by atoms with van der Waals surface area (Å²) >= 11 is 0. The van der Waals surface area contributed by atoms with E-state index < -0.39 is 20.1 Å². The molecule has 0 bridgehead atoms. The summed E-state index contributed by atoms with van der Waals surface area (Å²) in [6.45, 7) is 0.340. The lowest BCUT2D eigenvalue weighted by Crippen LogP contribution is -2.30. The van der Waals surface area contributed by atoms with Crippen LogP contribution in [0.15, 0.2) is 55.0 Å². The van der Waals surface area contributed by atoms with E-state index in [1.54, 1.807) is 30.6 Å². The highest BCUT2D eigenvalue weighted by Crippen LogP contribution is 2.32. The third-order valence-electron chi connectivity index (χ3n) is 6.39. The standard InChI is InChI=1S/C25H27N7O6S2/c1-30(39(2,34)35)23-18(5-4-9-26-23)16-31-10-8-17-15-27-25(29-24(17)31)28-20-6-7-21-19(13-20)14-22(33)32(21)11-12-38-40(3,36)37/h4-10,13,15H,11-12,14,16H2,1-3H3,(H,27,28,29). The van der Waals surface area contributed by atoms with Crippen LogP contribution in [0.3, 0.4) is 0 Å². The topological polar surface area (TPSA) is 157 Å². The first-order valence-corrected chi connectivity index (χ1v) is 15.8. The zero-order chi connectivity index (χ0) is 28.7. The van der Waals surface area contributed by atoms with Gasteiger partial charge in [-0.1, -0.05) is 6.07 Å². The zero-order valence-corrected chi connectivity index (χ0v) is 23.6. The van der Waals surface area contributed by atoms with Crippen molar-refractivity contribution in [2.24, 2.45) is 0 Å². The molecule has 1 aliphatic heterocycles. The molecule has 210 valence electrons. The monoisotopic (exact) mass is 585 g/mol. The summed E-state index contributed by atoms with van der Waals surface area (Å²) in [5.74, 6) is 0.537. The molecule has 4 aromatic rings. The summed E-state index contributed by atoms with van der Waals surface area (Å²) < 4.78 is 54.5. The maximum atomic E-state index is 12.5. The third kappa shape index (κ3) is 5.90. The number of nitrogens with one attached hydrogen (secondary N) is 1. The Balaban J connectivity index is 1.36. The molecule has 40 heavy (non-hydrogen) atoms. The van der Waals surface area contributed by atoms with E-state index in [9.17, 15) is 21.6 Å². The van der Waals surface area contributed by atoms with Crippen LogP contribution in [0, 0.1) is 0 Å². The summed E-state index contributed by atoms with van der Waals surface area (Å²) in [4.78, 5) is 27.4. The number of aromatic nitrogens is 4. The van der Waals surface area contributed by atoms with Crippen molar-refractivity contribution >= 4 is 60.2 Å². The van der Waals surface area contributed by atoms with Crippen molar-refractivity contribution in [1.29, 1.82) is 0 Å². The highest BCUT2D eigenvalue weighted by Gasteiger charge is 2.27. The smallest absolute Gasteiger partial charge is 0.264 e. The number of anilines is 4. The molecule has 13 nitrogen and oxygen atoms in total. The van der Waals surface area contributed by atoms with Gasteiger partial charge in [0.05, 0.1) is 38.6 Å². The maximum absolute atomic E-state index is 12.5. The lowest BCUT2D eigenvalue weighted by atomic mass is 10.1. The number of fused-ring (bicyclic) bond motifs is 2. The summed E-state index contributed by atoms with van der Waals surface area (Å²) in [6, 6.07) is 10.8. The Morgan fingerprint density at radius 1 is 1.10 bits per heavy atom. The largest absolute Gasteiger partial charge is 0.328 e. The van der Waals surface area contributed by atoms with Crippen LogP contribution >= 0.6 is 0 Å². The third-order valence-corrected chi connectivity index (χ3v) is 8.15. The maximum Gasteiger partial charge on any atom is 0.264 e. The number of pyridine rings is 1. The molecule has 5 rings (SSSR count). The van der Waals surface area contributed by atoms with Crippen molar-refractivity contribution in [2.45, 2.75) is 13.0 Å². The Labute approximate surface area is 231 Å². The van der Waals surface area contributed by atoms with Crippen LogP contribution in [-0.4, -0.2) is 75.0 Å². The first kappa shape index (κ1) is 27.5. The molecule has 1 amide bonds. The molecule has 3 aromatic heterocycles. The molecule has 0 radical (unpaired) electrons. The fourth-order valence-electron chi connectivity index (χ4n) is 4.45. The van der Waals surface area contributed by atoms with Crippen molar-refractivity contribution in [3.05, 3.63) is 66.1 Å². The van der Waals surface area contributed by atoms with Crippen molar-refractivity contribution in [1.82, 2.24) is 19.5 Å². The number of sulfonamides is 1. The lowest BCUT2D eigenvalue weighted by Gasteiger charge is -2.19. The van der Waals surface area contributed by atoms with Crippen LogP contribution in [0.1, 0.15) is 11.1 Å². The molecule has 1 aliphatic rings. The van der Waals surface area contributed by atoms with Gasteiger partial charge in [-0.05, 0) is 35.9 Å². The lowest BCUT2D eigenvalue weighted by molar-refractivity contribution is -0.117. The van der Waals surface area contributed by atoms with Crippen LogP contribution < -0.4 is 14.5 Å². The minimum Gasteiger partial charge on any atom is -0.328 e. The molecule has 1 N–H and O–H groups in total. The van der Waals surface area contributed by atoms with Gasteiger partial charge in [-0.2, -0.15) is 13.4 Å². The molecule has 0 fully saturated rings. The zero-order valence-electron chi connectivity index (χ0n) is 22.0. The van der Waals surface area contributed by atoms with Gasteiger partial charge in [0.2, 0.25) is 21.9 Å². The highest BCUT2D eigenvalue weighted by atomic mass is 32.2. The molecule has 0 spiro atoms. The quantitative estimate of drug-likeness (QED) is 0.273. The van der Waals surface area contributed by atoms with Crippen molar-refractivity contribution in [2.75, 3.05) is 47.2 Å². The fraction of sp³-hybridized carbons (Fsp3) is 0.280. The van der Waals surface area contributed by atoms with Gasteiger partial charge in [-0.25, -0.2) is 18.4 Å². The van der Waals surface area contributed by atoms with Crippen LogP contribution in [0.5, 0.6) is 0 Å². The molecule has 0 atom stereocenters. The van der Waals surface area contributed by atoms with Crippen LogP contribution in [-0.2, 0) is 42.1 Å². The van der Waals surface area contributed by atoms with E-state index in [1.807, 2.05) is 29.0 Å². The van der Waals surface area contributed by atoms with Gasteiger partial charge in [0.15, 0.2) is 0 Å². The first-order valence-electron chi connectivity index (χ1n) is 12.1. The number of nitrogens with zero attached hydrogens (tertiary/aromatic N) is 6. The van der Waals surface area contributed by atoms with Gasteiger partial charge in [0, 0.05) is 48.0 Å². The average Bonchev–Trinajstić information content (AvgIpc) is 3.42. The number of hydrogen-bond donors (Lipinski definition) is 1. The predicted octanol–water partition coefficient (Wildman–Crippen LogP) is 1.88. The van der Waals surface area contributed by atoms with E-state index >= 15 is 0 Å². The molecule has 15 heteroatoms. The van der Waals surface area contributed by atoms with E-state index in [-0.39, 0.29) is 25.5 Å². The van der Waals surface area contributed by atoms with Crippen LogP contribution in [0.2, 0.25) is 0 Å². The van der Waals surface area contributed by atoms with Crippen molar-refractivity contribution in [3.8, 4) is 0 Å². The number of benzene rings is 1. The molecule has 4 heterocycles. The summed E-state index contributed by atoms with van der Waals surface area (Å²) in [5, 5.41) is 3.98. The normalized spacial score (nSPS) is 13.6. The van der Waals surface area contributed by atoms with Gasteiger partial charge >= 0.3 is 0 Å². The minimum absolute atomic E-state index is 0.122. The molecular formula is C25H27N7O6S2. The summed E-state index contributed by atoms with van der Waals surface area (Å²) in [6.07, 6.45) is 7.36. The van der Waals surface area contributed by atoms with Gasteiger partial charge in [-0.3, -0.25) is 13.3 Å². The molecule has 0 saturated heterocycles. The molecule has 1 aromatic carbocycles. The molecule has 0 aliphatic carbocycles. The second kappa shape index (κ2) is 10.5. The summed E-state index contributed by atoms with van der Waals surface area (Å²) in [7, 11) is -5.62. The Kier molecular flexibility index (Phi) is 7.20. The van der Waals surface area contributed by atoms with Gasteiger partial charge in [0.25, 0.3) is 10.1 Å². The molecule has 0 unspecified atom stereocenters. The van der Waals surface area contributed by atoms with E-state index in [4.69, 9.17) is 4.18 Å². The van der Waals surface area contributed by atoms with Gasteiger partial charge in [0.1, 0.15) is 11.5 Å². The Morgan fingerprint density at radius 2 is 1.90 bits per heavy atom. The van der Waals surface area contributed by atoms with Gasteiger partial charge in [-0.15, -0.1) is 0 Å². The Bertz CT molecular complexity index is 1820. The molecular weight excluding hydrogens is 558 g/mol. The Morgan fingerprint density at radius 3 is 2.65 bits per heavy atom. The summed E-state index contributed by atoms with van der Waals surface area (Å²) in [5.41, 5.74) is 3.52. The minimum atomic E-state index is -3.59. The number of amides is 1.